The summed E-state index contributed by atoms with van der Waals surface area (Å²) in [6, 6.07) is 7.20. The fraction of sp³-hybridized carbons (Fsp3) is 0.231. The van der Waals surface area contributed by atoms with E-state index < -0.39 is 17.2 Å². The van der Waals surface area contributed by atoms with E-state index in [2.05, 4.69) is 15.0 Å². The highest BCUT2D eigenvalue weighted by atomic mass is 35.5. The van der Waals surface area contributed by atoms with Crippen LogP contribution in [0.2, 0.25) is 5.02 Å². The van der Waals surface area contributed by atoms with Gasteiger partial charge in [-0.1, -0.05) is 11.6 Å². The summed E-state index contributed by atoms with van der Waals surface area (Å²) >= 11 is 6.33. The summed E-state index contributed by atoms with van der Waals surface area (Å²) in [6.07, 6.45) is 3.99. The van der Waals surface area contributed by atoms with Gasteiger partial charge < -0.3 is 9.84 Å². The maximum Gasteiger partial charge on any atom is 0.256 e. The van der Waals surface area contributed by atoms with Gasteiger partial charge in [0.25, 0.3) is 5.56 Å². The van der Waals surface area contributed by atoms with Crippen LogP contribution >= 0.6 is 11.6 Å². The number of halogens is 3. The van der Waals surface area contributed by atoms with Crippen molar-refractivity contribution in [2.45, 2.75) is 39.9 Å². The standard InChI is InChI=1S/C26H23ClF2N4O3/c1-14-10-21(34)33(20-7-8-30-25(32-20)26(3,4)35)12-18(14)22-15(2)9-19(23(27)24(22)29)36-13-17-6-5-16(28)11-31-17/h5-12,35H,13H2,1-4H3. The molecule has 186 valence electrons. The van der Waals surface area contributed by atoms with E-state index in [0.29, 0.717) is 22.4 Å². The Bertz CT molecular complexity index is 1500. The number of nitrogens with zero attached hydrogens (tertiary/aromatic N) is 4. The molecule has 3 aromatic heterocycles. The van der Waals surface area contributed by atoms with E-state index in [0.717, 1.165) is 6.20 Å². The molecule has 1 N–H and O–H groups in total. The number of rotatable bonds is 6. The zero-order chi connectivity index (χ0) is 26.2. The molecular weight excluding hydrogens is 490 g/mol. The summed E-state index contributed by atoms with van der Waals surface area (Å²) in [5, 5.41) is 10.0. The van der Waals surface area contributed by atoms with Gasteiger partial charge in [0.1, 0.15) is 34.6 Å². The van der Waals surface area contributed by atoms with E-state index in [1.807, 2.05) is 0 Å². The molecule has 0 atom stereocenters. The summed E-state index contributed by atoms with van der Waals surface area (Å²) in [7, 11) is 0. The monoisotopic (exact) mass is 512 g/mol. The second-order valence-corrected chi connectivity index (χ2v) is 9.20. The first-order valence-corrected chi connectivity index (χ1v) is 11.3. The van der Waals surface area contributed by atoms with Crippen molar-refractivity contribution < 1.29 is 18.6 Å². The van der Waals surface area contributed by atoms with Gasteiger partial charge in [-0.15, -0.1) is 0 Å². The Morgan fingerprint density at radius 1 is 1.11 bits per heavy atom. The van der Waals surface area contributed by atoms with Gasteiger partial charge in [0.05, 0.1) is 11.9 Å². The number of pyridine rings is 2. The Labute approximate surface area is 211 Å². The number of aliphatic hydroxyl groups is 1. The first kappa shape index (κ1) is 25.4. The van der Waals surface area contributed by atoms with Crippen molar-refractivity contribution in [1.82, 2.24) is 19.5 Å². The average molecular weight is 513 g/mol. The topological polar surface area (TPSA) is 90.1 Å². The molecule has 10 heteroatoms. The molecule has 0 unspecified atom stereocenters. The first-order valence-electron chi connectivity index (χ1n) is 11.0. The quantitative estimate of drug-likeness (QED) is 0.389. The lowest BCUT2D eigenvalue weighted by Crippen LogP contribution is -2.23. The lowest BCUT2D eigenvalue weighted by molar-refractivity contribution is 0.0686. The molecule has 0 radical (unpaired) electrons. The maximum atomic E-state index is 15.6. The van der Waals surface area contributed by atoms with Crippen LogP contribution in [0.4, 0.5) is 8.78 Å². The number of hydrogen-bond acceptors (Lipinski definition) is 6. The van der Waals surface area contributed by atoms with Crippen molar-refractivity contribution in [2.75, 3.05) is 0 Å². The van der Waals surface area contributed by atoms with Gasteiger partial charge in [0.15, 0.2) is 11.6 Å². The minimum atomic E-state index is -1.32. The molecule has 0 saturated heterocycles. The van der Waals surface area contributed by atoms with Gasteiger partial charge in [-0.05, 0) is 63.1 Å². The predicted molar refractivity (Wildman–Crippen MR) is 131 cm³/mol. The van der Waals surface area contributed by atoms with Gasteiger partial charge in [-0.3, -0.25) is 14.3 Å². The van der Waals surface area contributed by atoms with Crippen LogP contribution in [0.25, 0.3) is 16.9 Å². The van der Waals surface area contributed by atoms with Crippen molar-refractivity contribution >= 4 is 11.6 Å². The number of benzene rings is 1. The summed E-state index contributed by atoms with van der Waals surface area (Å²) in [5.41, 5.74) is 0.447. The third-order valence-corrected chi connectivity index (χ3v) is 5.85. The number of aryl methyl sites for hydroxylation is 2. The van der Waals surface area contributed by atoms with E-state index in [-0.39, 0.29) is 40.1 Å². The Kier molecular flexibility index (Phi) is 6.88. The van der Waals surface area contributed by atoms with E-state index in [4.69, 9.17) is 16.3 Å². The summed E-state index contributed by atoms with van der Waals surface area (Å²) < 4.78 is 35.6. The van der Waals surface area contributed by atoms with Gasteiger partial charge >= 0.3 is 0 Å². The molecule has 3 heterocycles. The smallest absolute Gasteiger partial charge is 0.256 e. The second-order valence-electron chi connectivity index (χ2n) is 8.83. The van der Waals surface area contributed by atoms with Crippen LogP contribution in [0.3, 0.4) is 0 Å². The zero-order valence-electron chi connectivity index (χ0n) is 20.0. The fourth-order valence-electron chi connectivity index (χ4n) is 3.65. The summed E-state index contributed by atoms with van der Waals surface area (Å²) in [4.78, 5) is 25.1. The Morgan fingerprint density at radius 3 is 2.53 bits per heavy atom. The molecule has 1 aromatic carbocycles. The largest absolute Gasteiger partial charge is 0.486 e. The molecule has 0 bridgehead atoms. The predicted octanol–water partition coefficient (Wildman–Crippen LogP) is 5.04. The molecule has 4 rings (SSSR count). The van der Waals surface area contributed by atoms with Crippen molar-refractivity contribution in [3.05, 3.63) is 98.6 Å². The third kappa shape index (κ3) is 5.12. The molecular formula is C26H23ClF2N4O3. The lowest BCUT2D eigenvalue weighted by atomic mass is 9.97. The molecule has 36 heavy (non-hydrogen) atoms. The van der Waals surface area contributed by atoms with Crippen molar-refractivity contribution in [2.24, 2.45) is 0 Å². The Balaban J connectivity index is 1.76. The van der Waals surface area contributed by atoms with Gasteiger partial charge in [-0.25, -0.2) is 18.7 Å². The van der Waals surface area contributed by atoms with Crippen LogP contribution in [0.5, 0.6) is 5.75 Å². The molecule has 0 saturated carbocycles. The Hall–Kier alpha value is -3.69. The number of ether oxygens (including phenoxy) is 1. The van der Waals surface area contributed by atoms with Crippen LogP contribution in [-0.4, -0.2) is 24.6 Å². The average Bonchev–Trinajstić information content (AvgIpc) is 2.82. The summed E-state index contributed by atoms with van der Waals surface area (Å²) in [5.74, 6) is -0.719. The van der Waals surface area contributed by atoms with E-state index in [1.54, 1.807) is 19.9 Å². The highest BCUT2D eigenvalue weighted by Crippen LogP contribution is 2.38. The van der Waals surface area contributed by atoms with Crippen LogP contribution in [-0.2, 0) is 12.2 Å². The first-order chi connectivity index (χ1) is 17.0. The van der Waals surface area contributed by atoms with Gasteiger partial charge in [-0.2, -0.15) is 0 Å². The normalized spacial score (nSPS) is 11.6. The molecule has 4 aromatic rings. The van der Waals surface area contributed by atoms with E-state index >= 15 is 4.39 Å². The van der Waals surface area contributed by atoms with E-state index in [9.17, 15) is 14.3 Å². The molecule has 0 aliphatic heterocycles. The lowest BCUT2D eigenvalue weighted by Gasteiger charge is -2.18. The minimum Gasteiger partial charge on any atom is -0.486 e. The number of hydrogen-bond donors (Lipinski definition) is 1. The maximum absolute atomic E-state index is 15.6. The molecule has 7 nitrogen and oxygen atoms in total. The van der Waals surface area contributed by atoms with Crippen LogP contribution in [0.1, 0.15) is 36.5 Å². The summed E-state index contributed by atoms with van der Waals surface area (Å²) in [6.45, 7) is 6.43. The van der Waals surface area contributed by atoms with Gasteiger partial charge in [0.2, 0.25) is 0 Å². The SMILES string of the molecule is Cc1cc(=O)n(-c2ccnc(C(C)(C)O)n2)cc1-c1c(C)cc(OCc2ccc(F)cn2)c(Cl)c1F. The van der Waals surface area contributed by atoms with Gasteiger partial charge in [0, 0.05) is 29.6 Å². The molecule has 0 aliphatic rings. The second kappa shape index (κ2) is 9.75. The van der Waals surface area contributed by atoms with Crippen molar-refractivity contribution in [1.29, 1.82) is 0 Å². The third-order valence-electron chi connectivity index (χ3n) is 5.50. The molecule has 0 spiro atoms. The minimum absolute atomic E-state index is 0.0284. The van der Waals surface area contributed by atoms with Crippen LogP contribution in [0.15, 0.2) is 53.7 Å². The molecule has 0 fully saturated rings. The molecule has 0 aliphatic carbocycles. The highest BCUT2D eigenvalue weighted by Gasteiger charge is 2.22. The number of aromatic nitrogens is 4. The van der Waals surface area contributed by atoms with Crippen molar-refractivity contribution in [3.63, 3.8) is 0 Å². The van der Waals surface area contributed by atoms with E-state index in [1.165, 1.54) is 55.1 Å². The highest BCUT2D eigenvalue weighted by molar-refractivity contribution is 6.32. The molecule has 0 amide bonds. The zero-order valence-corrected chi connectivity index (χ0v) is 20.8. The van der Waals surface area contributed by atoms with Crippen molar-refractivity contribution in [3.8, 4) is 22.7 Å². The van der Waals surface area contributed by atoms with Crippen LogP contribution < -0.4 is 10.3 Å². The fourth-order valence-corrected chi connectivity index (χ4v) is 3.85. The Morgan fingerprint density at radius 2 is 1.86 bits per heavy atom. The van der Waals surface area contributed by atoms with Crippen LogP contribution in [0, 0.1) is 25.5 Å².